The average molecular weight is 380 g/mol. The maximum atomic E-state index is 12.4. The fraction of sp³-hybridized carbons (Fsp3) is 0.364. The Bertz CT molecular complexity index is 867. The van der Waals surface area contributed by atoms with Crippen molar-refractivity contribution in [3.8, 4) is 11.8 Å². The second-order valence-electron chi connectivity index (χ2n) is 7.37. The summed E-state index contributed by atoms with van der Waals surface area (Å²) < 4.78 is 5.50. The number of benzene rings is 2. The van der Waals surface area contributed by atoms with Crippen LogP contribution in [-0.4, -0.2) is 45.7 Å². The zero-order valence-electron chi connectivity index (χ0n) is 16.5. The number of nitrogens with one attached hydrogen (secondary N) is 3. The Morgan fingerprint density at radius 2 is 1.86 bits per heavy atom. The van der Waals surface area contributed by atoms with Gasteiger partial charge in [0.1, 0.15) is 44.5 Å². The Morgan fingerprint density at radius 1 is 1.14 bits per heavy atom. The van der Waals surface area contributed by atoms with Crippen LogP contribution in [0, 0.1) is 18.3 Å². The molecular formula is C22H28N4O2+2. The molecule has 0 unspecified atom stereocenters. The SMILES string of the molecule is COc1ccc(C)cc1C[NH+]1CC[NH+](CC(=O)Nc2ccccc2C#N)CC1. The topological polar surface area (TPSA) is 71.0 Å². The summed E-state index contributed by atoms with van der Waals surface area (Å²) in [7, 11) is 1.72. The largest absolute Gasteiger partial charge is 0.496 e. The van der Waals surface area contributed by atoms with Crippen LogP contribution in [0.25, 0.3) is 0 Å². The van der Waals surface area contributed by atoms with E-state index < -0.39 is 0 Å². The average Bonchev–Trinajstić information content (AvgIpc) is 2.70. The van der Waals surface area contributed by atoms with Gasteiger partial charge in [-0.3, -0.25) is 4.79 Å². The van der Waals surface area contributed by atoms with Gasteiger partial charge < -0.3 is 19.9 Å². The van der Waals surface area contributed by atoms with Gasteiger partial charge in [-0.2, -0.15) is 5.26 Å². The Balaban J connectivity index is 1.50. The van der Waals surface area contributed by atoms with Crippen molar-refractivity contribution >= 4 is 11.6 Å². The van der Waals surface area contributed by atoms with E-state index in [1.165, 1.54) is 20.9 Å². The summed E-state index contributed by atoms with van der Waals surface area (Å²) in [5, 5.41) is 12.0. The number of para-hydroxylation sites is 1. The fourth-order valence-electron chi connectivity index (χ4n) is 3.74. The van der Waals surface area contributed by atoms with E-state index in [2.05, 4.69) is 30.4 Å². The lowest BCUT2D eigenvalue weighted by molar-refractivity contribution is -1.02. The summed E-state index contributed by atoms with van der Waals surface area (Å²) in [5.74, 6) is 0.907. The number of amides is 1. The molecule has 1 aliphatic heterocycles. The van der Waals surface area contributed by atoms with Crippen molar-refractivity contribution in [1.82, 2.24) is 0 Å². The van der Waals surface area contributed by atoms with Crippen LogP contribution in [0.2, 0.25) is 0 Å². The molecule has 0 radical (unpaired) electrons. The van der Waals surface area contributed by atoms with Gasteiger partial charge in [0.05, 0.1) is 18.4 Å². The van der Waals surface area contributed by atoms with E-state index in [4.69, 9.17) is 10.00 Å². The fourth-order valence-corrected chi connectivity index (χ4v) is 3.74. The summed E-state index contributed by atoms with van der Waals surface area (Å²) in [6.45, 7) is 7.43. The van der Waals surface area contributed by atoms with E-state index in [0.717, 1.165) is 38.5 Å². The molecule has 146 valence electrons. The van der Waals surface area contributed by atoms with Crippen LogP contribution in [-0.2, 0) is 11.3 Å². The first-order valence-electron chi connectivity index (χ1n) is 9.68. The second-order valence-corrected chi connectivity index (χ2v) is 7.37. The molecule has 0 atom stereocenters. The zero-order chi connectivity index (χ0) is 19.9. The first-order chi connectivity index (χ1) is 13.6. The van der Waals surface area contributed by atoms with Crippen molar-refractivity contribution in [3.05, 3.63) is 59.2 Å². The van der Waals surface area contributed by atoms with Gasteiger partial charge in [0.25, 0.3) is 5.91 Å². The number of rotatable bonds is 6. The Kier molecular flexibility index (Phi) is 6.64. The minimum atomic E-state index is -0.0403. The van der Waals surface area contributed by atoms with Gasteiger partial charge >= 0.3 is 0 Å². The maximum absolute atomic E-state index is 12.4. The normalized spacial score (nSPS) is 18.9. The van der Waals surface area contributed by atoms with E-state index in [9.17, 15) is 4.79 Å². The number of quaternary nitrogens is 2. The van der Waals surface area contributed by atoms with Crippen LogP contribution in [0.15, 0.2) is 42.5 Å². The van der Waals surface area contributed by atoms with Gasteiger partial charge in [0, 0.05) is 5.56 Å². The number of nitriles is 1. The lowest BCUT2D eigenvalue weighted by atomic mass is 10.1. The zero-order valence-corrected chi connectivity index (χ0v) is 16.5. The highest BCUT2D eigenvalue weighted by Crippen LogP contribution is 2.18. The third-order valence-corrected chi connectivity index (χ3v) is 5.27. The highest BCUT2D eigenvalue weighted by atomic mass is 16.5. The molecule has 6 nitrogen and oxygen atoms in total. The number of carbonyl (C=O) groups excluding carboxylic acids is 1. The molecule has 1 heterocycles. The molecule has 28 heavy (non-hydrogen) atoms. The standard InChI is InChI=1S/C22H26N4O2/c1-17-7-8-21(28-2)19(13-17)15-25-9-11-26(12-10-25)16-22(27)24-20-6-4-3-5-18(20)14-23/h3-8,13H,9-12,15-16H2,1-2H3,(H,24,27)/p+2. The number of nitrogens with zero attached hydrogens (tertiary/aromatic N) is 1. The molecule has 0 spiro atoms. The first kappa shape index (κ1) is 19.9. The van der Waals surface area contributed by atoms with Gasteiger partial charge in [-0.15, -0.1) is 0 Å². The van der Waals surface area contributed by atoms with Crippen LogP contribution in [0.1, 0.15) is 16.7 Å². The van der Waals surface area contributed by atoms with E-state index in [-0.39, 0.29) is 5.91 Å². The quantitative estimate of drug-likeness (QED) is 0.650. The van der Waals surface area contributed by atoms with Crippen molar-refractivity contribution in [2.75, 3.05) is 45.2 Å². The summed E-state index contributed by atoms with van der Waals surface area (Å²) in [6.07, 6.45) is 0. The molecule has 0 aliphatic carbocycles. The van der Waals surface area contributed by atoms with E-state index in [0.29, 0.717) is 17.8 Å². The molecule has 1 aliphatic rings. The van der Waals surface area contributed by atoms with Crippen molar-refractivity contribution in [2.45, 2.75) is 13.5 Å². The number of aryl methyl sites for hydroxylation is 1. The Labute approximate surface area is 166 Å². The highest BCUT2D eigenvalue weighted by molar-refractivity contribution is 5.92. The molecule has 1 fully saturated rings. The molecule has 6 heteroatoms. The van der Waals surface area contributed by atoms with Crippen LogP contribution in [0.4, 0.5) is 5.69 Å². The maximum Gasteiger partial charge on any atom is 0.279 e. The van der Waals surface area contributed by atoms with Crippen molar-refractivity contribution in [1.29, 1.82) is 5.26 Å². The lowest BCUT2D eigenvalue weighted by Gasteiger charge is -2.29. The van der Waals surface area contributed by atoms with Crippen molar-refractivity contribution < 1.29 is 19.3 Å². The van der Waals surface area contributed by atoms with Gasteiger partial charge in [-0.1, -0.05) is 23.8 Å². The van der Waals surface area contributed by atoms with E-state index >= 15 is 0 Å². The van der Waals surface area contributed by atoms with Crippen LogP contribution in [0.5, 0.6) is 5.75 Å². The molecule has 0 saturated carbocycles. The predicted molar refractivity (Wildman–Crippen MR) is 107 cm³/mol. The minimum absolute atomic E-state index is 0.0403. The summed E-state index contributed by atoms with van der Waals surface area (Å²) in [4.78, 5) is 15.2. The molecule has 2 aromatic carbocycles. The molecule has 1 amide bonds. The van der Waals surface area contributed by atoms with E-state index in [1.807, 2.05) is 12.1 Å². The van der Waals surface area contributed by atoms with Crippen LogP contribution in [0.3, 0.4) is 0 Å². The monoisotopic (exact) mass is 380 g/mol. The van der Waals surface area contributed by atoms with Crippen LogP contribution < -0.4 is 19.9 Å². The molecule has 3 rings (SSSR count). The molecule has 0 bridgehead atoms. The molecule has 2 aromatic rings. The van der Waals surface area contributed by atoms with Gasteiger partial charge in [0.15, 0.2) is 6.54 Å². The molecule has 3 N–H and O–H groups in total. The number of ether oxygens (including phenoxy) is 1. The first-order valence-corrected chi connectivity index (χ1v) is 9.68. The number of carbonyl (C=O) groups is 1. The summed E-state index contributed by atoms with van der Waals surface area (Å²) in [5.41, 5.74) is 3.57. The number of hydrogen-bond acceptors (Lipinski definition) is 3. The smallest absolute Gasteiger partial charge is 0.279 e. The third kappa shape index (κ3) is 5.10. The van der Waals surface area contributed by atoms with E-state index in [1.54, 1.807) is 25.3 Å². The van der Waals surface area contributed by atoms with Crippen LogP contribution >= 0.6 is 0 Å². The predicted octanol–water partition coefficient (Wildman–Crippen LogP) is -0.203. The third-order valence-electron chi connectivity index (χ3n) is 5.27. The Morgan fingerprint density at radius 3 is 2.57 bits per heavy atom. The summed E-state index contributed by atoms with van der Waals surface area (Å²) in [6, 6.07) is 15.5. The molecule has 1 saturated heterocycles. The lowest BCUT2D eigenvalue weighted by Crippen LogP contribution is -3.28. The van der Waals surface area contributed by atoms with Gasteiger partial charge in [0.2, 0.25) is 0 Å². The van der Waals surface area contributed by atoms with Gasteiger partial charge in [-0.25, -0.2) is 0 Å². The Hall–Kier alpha value is -2.88. The van der Waals surface area contributed by atoms with Gasteiger partial charge in [-0.05, 0) is 31.2 Å². The van der Waals surface area contributed by atoms with Crippen molar-refractivity contribution in [3.63, 3.8) is 0 Å². The van der Waals surface area contributed by atoms with Crippen molar-refractivity contribution in [2.24, 2.45) is 0 Å². The molecule has 0 aromatic heterocycles. The number of methoxy groups -OCH3 is 1. The summed E-state index contributed by atoms with van der Waals surface area (Å²) >= 11 is 0. The highest BCUT2D eigenvalue weighted by Gasteiger charge is 2.25. The number of hydrogen-bond donors (Lipinski definition) is 3. The second kappa shape index (κ2) is 9.36. The minimum Gasteiger partial charge on any atom is -0.496 e. The number of piperazine rings is 1. The number of anilines is 1. The molecular weight excluding hydrogens is 352 g/mol.